The first kappa shape index (κ1) is 24.7. The van der Waals surface area contributed by atoms with Gasteiger partial charge in [-0.1, -0.05) is 24.2 Å². The van der Waals surface area contributed by atoms with Crippen molar-refractivity contribution in [2.24, 2.45) is 5.16 Å². The lowest BCUT2D eigenvalue weighted by Gasteiger charge is -2.11. The minimum Gasteiger partial charge on any atom is -0.389 e. The molecule has 2 aromatic rings. The molecule has 1 aliphatic heterocycles. The molecule has 0 radical (unpaired) electrons. The van der Waals surface area contributed by atoms with Crippen LogP contribution in [0.15, 0.2) is 46.7 Å². The summed E-state index contributed by atoms with van der Waals surface area (Å²) in [6, 6.07) is 5.97. The standard InChI is InChI=1S/C22H28N4O6S/c1-3-17-13-23-14-20(24-17)25-22(27)21(26-32-18-9-11-31-15-18)16-5-7-19(8-6-16)33(28,29)12-4-10-30-2/h5-8,13-14,18H,3-4,9-12,15H2,1-2H3,(H,24,25,27)/t18-/m1/s1. The third kappa shape index (κ3) is 7.04. The van der Waals surface area contributed by atoms with Crippen LogP contribution in [0.4, 0.5) is 5.82 Å². The Bertz CT molecular complexity index is 1070. The Labute approximate surface area is 193 Å². The highest BCUT2D eigenvalue weighted by molar-refractivity contribution is 7.91. The molecule has 0 bridgehead atoms. The minimum absolute atomic E-state index is 0.00562. The fourth-order valence-corrected chi connectivity index (χ4v) is 4.38. The summed E-state index contributed by atoms with van der Waals surface area (Å²) in [6.07, 6.45) is 4.54. The molecule has 1 aromatic carbocycles. The topological polar surface area (TPSA) is 129 Å². The van der Waals surface area contributed by atoms with Crippen LogP contribution in [0, 0.1) is 0 Å². The lowest BCUT2D eigenvalue weighted by Crippen LogP contribution is -2.26. The maximum Gasteiger partial charge on any atom is 0.279 e. The Kier molecular flexibility index (Phi) is 8.87. The molecular weight excluding hydrogens is 448 g/mol. The highest BCUT2D eigenvalue weighted by Crippen LogP contribution is 2.16. The summed E-state index contributed by atoms with van der Waals surface area (Å²) in [6.45, 7) is 3.25. The van der Waals surface area contributed by atoms with Gasteiger partial charge < -0.3 is 19.6 Å². The molecule has 1 atom stereocenters. The van der Waals surface area contributed by atoms with Crippen LogP contribution in [-0.2, 0) is 35.4 Å². The number of aryl methyl sites for hydroxylation is 1. The van der Waals surface area contributed by atoms with Gasteiger partial charge in [-0.2, -0.15) is 0 Å². The number of hydrogen-bond acceptors (Lipinski definition) is 9. The minimum atomic E-state index is -3.46. The van der Waals surface area contributed by atoms with E-state index in [-0.39, 0.29) is 28.3 Å². The summed E-state index contributed by atoms with van der Waals surface area (Å²) in [5, 5.41) is 6.76. The molecule has 1 saturated heterocycles. The Morgan fingerprint density at radius 3 is 2.73 bits per heavy atom. The van der Waals surface area contributed by atoms with Crippen LogP contribution in [0.25, 0.3) is 0 Å². The van der Waals surface area contributed by atoms with Crippen LogP contribution in [0.1, 0.15) is 31.0 Å². The molecule has 1 aromatic heterocycles. The van der Waals surface area contributed by atoms with Gasteiger partial charge in [-0.3, -0.25) is 9.78 Å². The van der Waals surface area contributed by atoms with Crippen molar-refractivity contribution in [2.75, 3.05) is 38.0 Å². The average Bonchev–Trinajstić information content (AvgIpc) is 3.33. The van der Waals surface area contributed by atoms with Gasteiger partial charge in [-0.15, -0.1) is 0 Å². The smallest absolute Gasteiger partial charge is 0.279 e. The van der Waals surface area contributed by atoms with Crippen molar-refractivity contribution in [1.82, 2.24) is 9.97 Å². The Hall–Kier alpha value is -2.89. The molecule has 1 amide bonds. The van der Waals surface area contributed by atoms with Gasteiger partial charge in [-0.25, -0.2) is 13.4 Å². The number of carbonyl (C=O) groups excluding carboxylic acids is 1. The first-order valence-electron chi connectivity index (χ1n) is 10.7. The number of oxime groups is 1. The van der Waals surface area contributed by atoms with Crippen molar-refractivity contribution in [1.29, 1.82) is 0 Å². The monoisotopic (exact) mass is 476 g/mol. The van der Waals surface area contributed by atoms with Crippen molar-refractivity contribution in [3.63, 3.8) is 0 Å². The van der Waals surface area contributed by atoms with Crippen LogP contribution in [-0.4, -0.2) is 68.8 Å². The summed E-state index contributed by atoms with van der Waals surface area (Å²) in [5.74, 6) is -0.292. The second kappa shape index (κ2) is 11.8. The number of anilines is 1. The van der Waals surface area contributed by atoms with E-state index in [4.69, 9.17) is 14.3 Å². The van der Waals surface area contributed by atoms with Gasteiger partial charge in [0.15, 0.2) is 27.5 Å². The number of amides is 1. The van der Waals surface area contributed by atoms with Crippen molar-refractivity contribution < 1.29 is 27.5 Å². The normalized spacial score (nSPS) is 16.5. The molecule has 0 aliphatic carbocycles. The molecule has 0 spiro atoms. The SMILES string of the molecule is CCc1cncc(NC(=O)C(=NO[C@@H]2CCOC2)c2ccc(S(=O)(=O)CCCOC)cc2)n1. The fraction of sp³-hybridized carbons (Fsp3) is 0.455. The number of methoxy groups -OCH3 is 1. The molecule has 0 unspecified atom stereocenters. The third-order valence-corrected chi connectivity index (χ3v) is 6.75. The zero-order valence-electron chi connectivity index (χ0n) is 18.7. The molecule has 2 heterocycles. The van der Waals surface area contributed by atoms with E-state index in [0.29, 0.717) is 44.6 Å². The molecule has 11 heteroatoms. The van der Waals surface area contributed by atoms with E-state index in [1.807, 2.05) is 6.92 Å². The second-order valence-corrected chi connectivity index (χ2v) is 9.53. The van der Waals surface area contributed by atoms with Gasteiger partial charge in [0.2, 0.25) is 0 Å². The van der Waals surface area contributed by atoms with Gasteiger partial charge in [0.05, 0.1) is 35.8 Å². The summed E-state index contributed by atoms with van der Waals surface area (Å²) >= 11 is 0. The maximum absolute atomic E-state index is 13.0. The van der Waals surface area contributed by atoms with Gasteiger partial charge in [0.25, 0.3) is 5.91 Å². The maximum atomic E-state index is 13.0. The zero-order chi connectivity index (χ0) is 23.7. The Morgan fingerprint density at radius 1 is 1.27 bits per heavy atom. The molecule has 1 N–H and O–H groups in total. The Balaban J connectivity index is 1.82. The predicted molar refractivity (Wildman–Crippen MR) is 122 cm³/mol. The van der Waals surface area contributed by atoms with Crippen molar-refractivity contribution >= 4 is 27.3 Å². The zero-order valence-corrected chi connectivity index (χ0v) is 19.5. The number of sulfone groups is 1. The van der Waals surface area contributed by atoms with Crippen LogP contribution in [0.3, 0.4) is 0 Å². The van der Waals surface area contributed by atoms with Crippen molar-refractivity contribution in [2.45, 2.75) is 37.2 Å². The molecule has 33 heavy (non-hydrogen) atoms. The number of nitrogens with zero attached hydrogens (tertiary/aromatic N) is 3. The highest BCUT2D eigenvalue weighted by atomic mass is 32.2. The largest absolute Gasteiger partial charge is 0.389 e. The molecule has 3 rings (SSSR count). The number of ether oxygens (including phenoxy) is 2. The second-order valence-electron chi connectivity index (χ2n) is 7.42. The third-order valence-electron chi connectivity index (χ3n) is 4.93. The molecule has 1 fully saturated rings. The van der Waals surface area contributed by atoms with Crippen molar-refractivity contribution in [3.05, 3.63) is 47.9 Å². The van der Waals surface area contributed by atoms with Crippen LogP contribution in [0.2, 0.25) is 0 Å². The van der Waals surface area contributed by atoms with E-state index in [2.05, 4.69) is 20.4 Å². The van der Waals surface area contributed by atoms with E-state index < -0.39 is 15.7 Å². The van der Waals surface area contributed by atoms with E-state index in [1.54, 1.807) is 6.20 Å². The van der Waals surface area contributed by atoms with E-state index in [9.17, 15) is 13.2 Å². The van der Waals surface area contributed by atoms with Gasteiger partial charge in [0, 0.05) is 31.9 Å². The van der Waals surface area contributed by atoms with Crippen LogP contribution in [0.5, 0.6) is 0 Å². The number of rotatable bonds is 11. The quantitative estimate of drug-likeness (QED) is 0.296. The predicted octanol–water partition coefficient (Wildman–Crippen LogP) is 2.00. The summed E-state index contributed by atoms with van der Waals surface area (Å²) in [7, 11) is -1.94. The van der Waals surface area contributed by atoms with E-state index in [1.165, 1.54) is 37.6 Å². The van der Waals surface area contributed by atoms with Gasteiger partial charge in [-0.05, 0) is 25.0 Å². The first-order valence-corrected chi connectivity index (χ1v) is 12.3. The molecular formula is C22H28N4O6S. The number of hydrogen-bond donors (Lipinski definition) is 1. The summed E-state index contributed by atoms with van der Waals surface area (Å²) in [4.78, 5) is 27.1. The molecule has 178 valence electrons. The lowest BCUT2D eigenvalue weighted by molar-refractivity contribution is -0.110. The number of aromatic nitrogens is 2. The molecule has 1 aliphatic rings. The Morgan fingerprint density at radius 2 is 2.06 bits per heavy atom. The van der Waals surface area contributed by atoms with Gasteiger partial charge >= 0.3 is 0 Å². The number of benzene rings is 1. The van der Waals surface area contributed by atoms with E-state index >= 15 is 0 Å². The highest BCUT2D eigenvalue weighted by Gasteiger charge is 2.22. The van der Waals surface area contributed by atoms with Crippen LogP contribution < -0.4 is 5.32 Å². The van der Waals surface area contributed by atoms with E-state index in [0.717, 1.165) is 5.69 Å². The summed E-state index contributed by atoms with van der Waals surface area (Å²) in [5.41, 5.74) is 1.13. The molecule has 10 nitrogen and oxygen atoms in total. The van der Waals surface area contributed by atoms with Crippen LogP contribution >= 0.6 is 0 Å². The molecule has 0 saturated carbocycles. The van der Waals surface area contributed by atoms with Gasteiger partial charge in [0.1, 0.15) is 0 Å². The number of nitrogens with one attached hydrogen (secondary N) is 1. The average molecular weight is 477 g/mol. The fourth-order valence-electron chi connectivity index (χ4n) is 3.09. The van der Waals surface area contributed by atoms with Crippen molar-refractivity contribution in [3.8, 4) is 0 Å². The number of carbonyl (C=O) groups is 1. The lowest BCUT2D eigenvalue weighted by atomic mass is 10.1. The summed E-state index contributed by atoms with van der Waals surface area (Å²) < 4.78 is 35.2. The first-order chi connectivity index (χ1) is 15.9.